The van der Waals surface area contributed by atoms with Crippen molar-refractivity contribution in [1.29, 1.82) is 0 Å². The van der Waals surface area contributed by atoms with E-state index in [4.69, 9.17) is 14.5 Å². The summed E-state index contributed by atoms with van der Waals surface area (Å²) in [6.07, 6.45) is 7.94. The van der Waals surface area contributed by atoms with Crippen LogP contribution in [0.4, 0.5) is 5.82 Å². The van der Waals surface area contributed by atoms with Crippen molar-refractivity contribution in [3.8, 4) is 17.0 Å². The van der Waals surface area contributed by atoms with E-state index in [9.17, 15) is 4.79 Å². The van der Waals surface area contributed by atoms with Crippen molar-refractivity contribution in [2.24, 2.45) is 27.6 Å². The Labute approximate surface area is 300 Å². The minimum absolute atomic E-state index is 0.0253. The summed E-state index contributed by atoms with van der Waals surface area (Å²) >= 11 is 0. The SMILES string of the molecule is CCC(C)C(C)C(C)(C)C1=C[NH+](C(CC)CCOC(C)(C)CCNC(=O)COc2ccc(-c3nc4ccccn4c3NC(C)(C)C)cc2)N=N1. The number of imidazole rings is 1. The van der Waals surface area contributed by atoms with E-state index in [1.54, 1.807) is 0 Å². The molecule has 10 nitrogen and oxygen atoms in total. The van der Waals surface area contributed by atoms with Crippen LogP contribution in [0.3, 0.4) is 0 Å². The summed E-state index contributed by atoms with van der Waals surface area (Å²) in [5.41, 5.74) is 3.25. The van der Waals surface area contributed by atoms with Crippen LogP contribution < -0.4 is 20.4 Å². The molecule has 0 spiro atoms. The zero-order valence-corrected chi connectivity index (χ0v) is 32.4. The van der Waals surface area contributed by atoms with Crippen molar-refractivity contribution in [2.45, 2.75) is 119 Å². The molecule has 4 rings (SSSR count). The first-order valence-electron chi connectivity index (χ1n) is 18.4. The lowest BCUT2D eigenvalue weighted by Crippen LogP contribution is -3.06. The van der Waals surface area contributed by atoms with Crippen molar-refractivity contribution < 1.29 is 19.3 Å². The first-order chi connectivity index (χ1) is 23.5. The maximum Gasteiger partial charge on any atom is 0.257 e. The van der Waals surface area contributed by atoms with Crippen molar-refractivity contribution >= 4 is 17.4 Å². The van der Waals surface area contributed by atoms with Crippen molar-refractivity contribution in [1.82, 2.24) is 14.7 Å². The Kier molecular flexibility index (Phi) is 12.9. The van der Waals surface area contributed by atoms with E-state index in [-0.39, 0.29) is 29.1 Å². The van der Waals surface area contributed by atoms with Gasteiger partial charge < -0.3 is 20.1 Å². The Morgan fingerprint density at radius 3 is 2.36 bits per heavy atom. The Hall–Kier alpha value is -3.76. The lowest BCUT2D eigenvalue weighted by Gasteiger charge is -2.34. The molecule has 0 saturated heterocycles. The van der Waals surface area contributed by atoms with Crippen molar-refractivity contribution in [3.63, 3.8) is 0 Å². The average Bonchev–Trinajstić information content (AvgIpc) is 3.71. The second-order valence-electron chi connectivity index (χ2n) is 16.1. The van der Waals surface area contributed by atoms with Gasteiger partial charge in [0.25, 0.3) is 5.91 Å². The largest absolute Gasteiger partial charge is 0.484 e. The summed E-state index contributed by atoms with van der Waals surface area (Å²) in [5, 5.41) is 16.9. The second-order valence-corrected chi connectivity index (χ2v) is 16.1. The number of rotatable bonds is 18. The molecule has 4 atom stereocenters. The zero-order chi connectivity index (χ0) is 36.7. The van der Waals surface area contributed by atoms with Crippen LogP contribution in [0, 0.1) is 17.3 Å². The van der Waals surface area contributed by atoms with Gasteiger partial charge in [-0.1, -0.05) is 59.1 Å². The van der Waals surface area contributed by atoms with E-state index < -0.39 is 0 Å². The van der Waals surface area contributed by atoms with Gasteiger partial charge in [-0.2, -0.15) is 5.01 Å². The Morgan fingerprint density at radius 2 is 1.70 bits per heavy atom. The van der Waals surface area contributed by atoms with Crippen LogP contribution >= 0.6 is 0 Å². The number of benzene rings is 1. The van der Waals surface area contributed by atoms with Crippen LogP contribution in [0.15, 0.2) is 70.9 Å². The molecule has 0 fully saturated rings. The molecular formula is C40H62N7O3+. The number of quaternary nitrogens is 1. The third-order valence-corrected chi connectivity index (χ3v) is 10.3. The molecule has 0 bridgehead atoms. The number of anilines is 1. The Bertz CT molecular complexity index is 1620. The number of allylic oxidation sites excluding steroid dienone is 1. The van der Waals surface area contributed by atoms with Crippen molar-refractivity contribution in [3.05, 3.63) is 60.6 Å². The smallest absolute Gasteiger partial charge is 0.257 e. The number of nitrogens with one attached hydrogen (secondary N) is 3. The summed E-state index contributed by atoms with van der Waals surface area (Å²) in [5.74, 6) is 2.54. The monoisotopic (exact) mass is 688 g/mol. The van der Waals surface area contributed by atoms with Gasteiger partial charge in [-0.3, -0.25) is 9.20 Å². The molecule has 3 aromatic rings. The highest BCUT2D eigenvalue weighted by Crippen LogP contribution is 2.41. The molecule has 4 unspecified atom stereocenters. The summed E-state index contributed by atoms with van der Waals surface area (Å²) in [6, 6.07) is 14.0. The Balaban J connectivity index is 1.21. The van der Waals surface area contributed by atoms with Crippen molar-refractivity contribution in [2.75, 3.05) is 25.1 Å². The van der Waals surface area contributed by atoms with Gasteiger partial charge in [-0.05, 0) is 95.7 Å². The zero-order valence-electron chi connectivity index (χ0n) is 32.4. The molecule has 3 heterocycles. The van der Waals surface area contributed by atoms with E-state index in [2.05, 4.69) is 108 Å². The third-order valence-electron chi connectivity index (χ3n) is 10.3. The quantitative estimate of drug-likeness (QED) is 0.126. The van der Waals surface area contributed by atoms with E-state index in [0.29, 0.717) is 43.2 Å². The fourth-order valence-electron chi connectivity index (χ4n) is 6.32. The molecule has 274 valence electrons. The standard InChI is InChI=1S/C40H61N7O3/c1-12-28(3)29(4)40(10,11)33-26-47(45-44-33)31(13-2)21-25-50-39(8,9)22-23-41-35(48)27-49-32-19-17-30(18-20-32)36-37(43-38(5,6)7)46-24-15-14-16-34(46)42-36/h14-20,24,26,28-29,31,43H,12-13,21-23,25,27H2,1-11H3,(H,41,48)/p+1. The third kappa shape index (κ3) is 10.2. The molecule has 1 aliphatic rings. The number of carbonyl (C=O) groups is 1. The number of aromatic nitrogens is 2. The number of ether oxygens (including phenoxy) is 2. The highest BCUT2D eigenvalue weighted by atomic mass is 16.5. The van der Waals surface area contributed by atoms with Gasteiger partial charge in [0.15, 0.2) is 6.61 Å². The van der Waals surface area contributed by atoms with E-state index in [1.807, 2.05) is 48.7 Å². The van der Waals surface area contributed by atoms with Crippen LogP contribution in [0.2, 0.25) is 0 Å². The van der Waals surface area contributed by atoms with E-state index in [1.165, 1.54) is 0 Å². The highest BCUT2D eigenvalue weighted by molar-refractivity contribution is 5.78. The molecule has 2 aromatic heterocycles. The molecule has 3 N–H and O–H groups in total. The molecular weight excluding hydrogens is 626 g/mol. The number of fused-ring (bicyclic) bond motifs is 1. The number of carbonyl (C=O) groups excluding carboxylic acids is 1. The van der Waals surface area contributed by atoms with Gasteiger partial charge in [0.1, 0.15) is 40.8 Å². The summed E-state index contributed by atoms with van der Waals surface area (Å²) in [7, 11) is 0. The fraction of sp³-hybridized carbons (Fsp3) is 0.600. The Morgan fingerprint density at radius 1 is 0.980 bits per heavy atom. The predicted octanol–water partition coefficient (Wildman–Crippen LogP) is 7.88. The van der Waals surface area contributed by atoms with Gasteiger partial charge in [0.05, 0.1) is 12.2 Å². The van der Waals surface area contributed by atoms with Gasteiger partial charge in [-0.25, -0.2) is 4.98 Å². The molecule has 1 aliphatic heterocycles. The average molecular weight is 689 g/mol. The number of hydrogen-bond donors (Lipinski definition) is 3. The maximum absolute atomic E-state index is 12.6. The van der Waals surface area contributed by atoms with Gasteiger partial charge in [0.2, 0.25) is 0 Å². The topological polar surface area (TPSA) is 106 Å². The highest BCUT2D eigenvalue weighted by Gasteiger charge is 2.38. The van der Waals surface area contributed by atoms with Crippen LogP contribution in [0.1, 0.15) is 102 Å². The van der Waals surface area contributed by atoms with Crippen LogP contribution in [-0.2, 0) is 9.53 Å². The lowest BCUT2D eigenvalue weighted by atomic mass is 9.71. The number of hydrogen-bond acceptors (Lipinski definition) is 7. The summed E-state index contributed by atoms with van der Waals surface area (Å²) < 4.78 is 14.2. The molecule has 0 aliphatic carbocycles. The first kappa shape index (κ1) is 39.0. The van der Waals surface area contributed by atoms with Gasteiger partial charge in [-0.15, -0.1) is 0 Å². The number of pyridine rings is 1. The van der Waals surface area contributed by atoms with Crippen LogP contribution in [-0.4, -0.2) is 52.2 Å². The molecule has 0 saturated carbocycles. The first-order valence-corrected chi connectivity index (χ1v) is 18.4. The van der Waals surface area contributed by atoms with Crippen LogP contribution in [0.25, 0.3) is 16.9 Å². The molecule has 10 heteroatoms. The number of nitrogens with zero attached hydrogens (tertiary/aromatic N) is 4. The van der Waals surface area contributed by atoms with Gasteiger partial charge in [0, 0.05) is 40.9 Å². The lowest BCUT2D eigenvalue weighted by molar-refractivity contribution is -0.883. The minimum Gasteiger partial charge on any atom is -0.484 e. The minimum atomic E-state index is -0.378. The number of amides is 1. The molecule has 1 amide bonds. The fourth-order valence-corrected chi connectivity index (χ4v) is 6.32. The van der Waals surface area contributed by atoms with Crippen LogP contribution in [0.5, 0.6) is 5.75 Å². The van der Waals surface area contributed by atoms with E-state index >= 15 is 0 Å². The summed E-state index contributed by atoms with van der Waals surface area (Å²) in [6.45, 7) is 25.3. The normalized spacial score (nSPS) is 17.0. The maximum atomic E-state index is 12.6. The molecule has 0 radical (unpaired) electrons. The molecule has 1 aromatic carbocycles. The second kappa shape index (κ2) is 16.5. The van der Waals surface area contributed by atoms with Gasteiger partial charge >= 0.3 is 0 Å². The van der Waals surface area contributed by atoms with E-state index in [0.717, 1.165) is 52.7 Å². The predicted molar refractivity (Wildman–Crippen MR) is 202 cm³/mol. The summed E-state index contributed by atoms with van der Waals surface area (Å²) in [4.78, 5) is 17.5. The molecule has 50 heavy (non-hydrogen) atoms.